The summed E-state index contributed by atoms with van der Waals surface area (Å²) in [6, 6.07) is 0.478. The Hall–Kier alpha value is -0.770. The molecule has 1 atom stereocenters. The number of aliphatic imine (C=N–C) groups is 1. The summed E-state index contributed by atoms with van der Waals surface area (Å²) >= 11 is 0. The molecule has 0 amide bonds. The molecule has 4 N–H and O–H groups in total. The summed E-state index contributed by atoms with van der Waals surface area (Å²) in [6.07, 6.45) is 3.43. The van der Waals surface area contributed by atoms with Crippen LogP contribution in [0.4, 0.5) is 0 Å². The highest BCUT2D eigenvalue weighted by atomic mass is 15.3. The maximum Gasteiger partial charge on any atom is 0.205 e. The average molecular weight is 186 g/mol. The first kappa shape index (κ1) is 12.2. The molecule has 0 rings (SSSR count). The lowest BCUT2D eigenvalue weighted by Crippen LogP contribution is -2.46. The van der Waals surface area contributed by atoms with Gasteiger partial charge in [0.15, 0.2) is 0 Å². The van der Waals surface area contributed by atoms with E-state index in [9.17, 15) is 0 Å². The number of guanidine groups is 1. The van der Waals surface area contributed by atoms with Crippen LogP contribution in [0.5, 0.6) is 0 Å². The molecule has 0 aliphatic carbocycles. The molecule has 4 nitrogen and oxygen atoms in total. The van der Waals surface area contributed by atoms with Gasteiger partial charge in [-0.1, -0.05) is 20.3 Å². The van der Waals surface area contributed by atoms with Gasteiger partial charge in [0.2, 0.25) is 5.96 Å². The van der Waals surface area contributed by atoms with Crippen molar-refractivity contribution in [3.05, 3.63) is 0 Å². The largest absolute Gasteiger partial charge is 0.353 e. The predicted molar refractivity (Wildman–Crippen MR) is 57.4 cm³/mol. The minimum Gasteiger partial charge on any atom is -0.353 e. The first-order valence-electron chi connectivity index (χ1n) is 5.06. The van der Waals surface area contributed by atoms with E-state index in [1.807, 2.05) is 6.92 Å². The van der Waals surface area contributed by atoms with Crippen LogP contribution in [0.1, 0.15) is 40.0 Å². The second kappa shape index (κ2) is 7.86. The van der Waals surface area contributed by atoms with E-state index in [4.69, 9.17) is 5.84 Å². The molecule has 0 aromatic carbocycles. The Morgan fingerprint density at radius 2 is 2.08 bits per heavy atom. The molecule has 0 aromatic heterocycles. The van der Waals surface area contributed by atoms with E-state index in [-0.39, 0.29) is 0 Å². The first-order chi connectivity index (χ1) is 6.28. The fraction of sp³-hybridized carbons (Fsp3) is 0.889. The van der Waals surface area contributed by atoms with Gasteiger partial charge in [-0.2, -0.15) is 0 Å². The third-order valence-electron chi connectivity index (χ3n) is 1.92. The standard InChI is InChI=1S/C9H22N4/c1-4-7-8(5-2)12-9(13-10)11-6-3/h8H,4-7,10H2,1-3H3,(H2,11,12,13). The molecule has 13 heavy (non-hydrogen) atoms. The van der Waals surface area contributed by atoms with Crippen molar-refractivity contribution in [1.29, 1.82) is 0 Å². The predicted octanol–water partition coefficient (Wildman–Crippen LogP) is 0.994. The Morgan fingerprint density at radius 3 is 2.46 bits per heavy atom. The second-order valence-corrected chi connectivity index (χ2v) is 3.01. The molecule has 0 aliphatic rings. The van der Waals surface area contributed by atoms with E-state index in [0.29, 0.717) is 12.0 Å². The highest BCUT2D eigenvalue weighted by Gasteiger charge is 2.05. The van der Waals surface area contributed by atoms with E-state index >= 15 is 0 Å². The molecular weight excluding hydrogens is 164 g/mol. The normalized spacial score (nSPS) is 14.0. The lowest BCUT2D eigenvalue weighted by atomic mass is 10.1. The number of hydrogen-bond acceptors (Lipinski definition) is 2. The van der Waals surface area contributed by atoms with Gasteiger partial charge in [0, 0.05) is 12.6 Å². The lowest BCUT2D eigenvalue weighted by molar-refractivity contribution is 0.528. The van der Waals surface area contributed by atoms with Gasteiger partial charge >= 0.3 is 0 Å². The van der Waals surface area contributed by atoms with Crippen LogP contribution in [-0.4, -0.2) is 18.5 Å². The summed E-state index contributed by atoms with van der Waals surface area (Å²) in [6.45, 7) is 7.07. The van der Waals surface area contributed by atoms with E-state index < -0.39 is 0 Å². The molecular formula is C9H22N4. The van der Waals surface area contributed by atoms with Crippen molar-refractivity contribution < 1.29 is 0 Å². The lowest BCUT2D eigenvalue weighted by Gasteiger charge is -2.18. The highest BCUT2D eigenvalue weighted by molar-refractivity contribution is 5.79. The molecule has 1 unspecified atom stereocenters. The van der Waals surface area contributed by atoms with Gasteiger partial charge in [0.1, 0.15) is 0 Å². The van der Waals surface area contributed by atoms with Crippen LogP contribution in [0.2, 0.25) is 0 Å². The fourth-order valence-corrected chi connectivity index (χ4v) is 1.21. The van der Waals surface area contributed by atoms with Crippen molar-refractivity contribution in [3.63, 3.8) is 0 Å². The summed E-state index contributed by atoms with van der Waals surface area (Å²) in [5, 5.41) is 3.27. The zero-order valence-electron chi connectivity index (χ0n) is 8.93. The molecule has 78 valence electrons. The van der Waals surface area contributed by atoms with Crippen LogP contribution in [-0.2, 0) is 0 Å². The molecule has 0 bridgehead atoms. The van der Waals surface area contributed by atoms with Gasteiger partial charge in [-0.05, 0) is 19.8 Å². The zero-order valence-corrected chi connectivity index (χ0v) is 8.93. The Labute approximate surface area is 81.0 Å². The summed E-state index contributed by atoms with van der Waals surface area (Å²) in [7, 11) is 0. The Balaban J connectivity index is 3.95. The van der Waals surface area contributed by atoms with E-state index in [1.54, 1.807) is 0 Å². The summed E-state index contributed by atoms with van der Waals surface area (Å²) in [4.78, 5) is 4.18. The maximum atomic E-state index is 5.31. The quantitative estimate of drug-likeness (QED) is 0.260. The van der Waals surface area contributed by atoms with Crippen LogP contribution in [0, 0.1) is 0 Å². The topological polar surface area (TPSA) is 62.4 Å². The van der Waals surface area contributed by atoms with Gasteiger partial charge in [-0.15, -0.1) is 0 Å². The molecule has 0 spiro atoms. The van der Waals surface area contributed by atoms with Crippen molar-refractivity contribution in [3.8, 4) is 0 Å². The maximum absolute atomic E-state index is 5.31. The molecule has 0 saturated carbocycles. The van der Waals surface area contributed by atoms with Crippen molar-refractivity contribution in [2.45, 2.75) is 46.1 Å². The summed E-state index contributed by atoms with van der Waals surface area (Å²) in [5.41, 5.74) is 2.57. The molecule has 4 heteroatoms. The monoisotopic (exact) mass is 186 g/mol. The van der Waals surface area contributed by atoms with Gasteiger partial charge in [-0.25, -0.2) is 5.84 Å². The Kier molecular flexibility index (Phi) is 7.39. The Bertz CT molecular complexity index is 145. The smallest absolute Gasteiger partial charge is 0.205 e. The number of nitrogens with one attached hydrogen (secondary N) is 2. The van der Waals surface area contributed by atoms with Crippen LogP contribution in [0.25, 0.3) is 0 Å². The minimum absolute atomic E-state index is 0.478. The van der Waals surface area contributed by atoms with Gasteiger partial charge < -0.3 is 5.32 Å². The van der Waals surface area contributed by atoms with Crippen molar-refractivity contribution in [2.75, 3.05) is 6.54 Å². The third kappa shape index (κ3) is 5.47. The summed E-state index contributed by atoms with van der Waals surface area (Å²) in [5.74, 6) is 6.01. The van der Waals surface area contributed by atoms with E-state index in [0.717, 1.165) is 19.4 Å². The molecule has 0 fully saturated rings. The average Bonchev–Trinajstić information content (AvgIpc) is 2.16. The van der Waals surface area contributed by atoms with Crippen LogP contribution in [0.3, 0.4) is 0 Å². The molecule has 0 saturated heterocycles. The number of nitrogens with two attached hydrogens (primary N) is 1. The van der Waals surface area contributed by atoms with E-state index in [1.165, 1.54) is 6.42 Å². The van der Waals surface area contributed by atoms with Crippen molar-refractivity contribution >= 4 is 5.96 Å². The number of rotatable bonds is 5. The second-order valence-electron chi connectivity index (χ2n) is 3.01. The Morgan fingerprint density at radius 1 is 1.38 bits per heavy atom. The van der Waals surface area contributed by atoms with Gasteiger partial charge in [-0.3, -0.25) is 10.4 Å². The van der Waals surface area contributed by atoms with E-state index in [2.05, 4.69) is 29.6 Å². The first-order valence-corrected chi connectivity index (χ1v) is 5.06. The number of nitrogens with zero attached hydrogens (tertiary/aromatic N) is 1. The molecule has 0 radical (unpaired) electrons. The van der Waals surface area contributed by atoms with Gasteiger partial charge in [0.05, 0.1) is 0 Å². The van der Waals surface area contributed by atoms with Crippen molar-refractivity contribution in [1.82, 2.24) is 10.7 Å². The van der Waals surface area contributed by atoms with Crippen LogP contribution >= 0.6 is 0 Å². The molecule has 0 aliphatic heterocycles. The SMILES string of the molecule is CCCC(CC)NC(=NCC)NN. The fourth-order valence-electron chi connectivity index (χ4n) is 1.21. The molecule has 0 aromatic rings. The van der Waals surface area contributed by atoms with Crippen LogP contribution in [0.15, 0.2) is 4.99 Å². The third-order valence-corrected chi connectivity index (χ3v) is 1.92. The minimum atomic E-state index is 0.478. The zero-order chi connectivity index (χ0) is 10.1. The molecule has 0 heterocycles. The van der Waals surface area contributed by atoms with Crippen LogP contribution < -0.4 is 16.6 Å². The number of hydrogen-bond donors (Lipinski definition) is 3. The van der Waals surface area contributed by atoms with Gasteiger partial charge in [0.25, 0.3) is 0 Å². The summed E-state index contributed by atoms with van der Waals surface area (Å²) < 4.78 is 0. The van der Waals surface area contributed by atoms with Crippen molar-refractivity contribution in [2.24, 2.45) is 10.8 Å². The highest BCUT2D eigenvalue weighted by Crippen LogP contribution is 2.00. The number of hydrazine groups is 1.